The molecule has 0 saturated heterocycles. The molecule has 0 aromatic heterocycles. The van der Waals surface area contributed by atoms with Gasteiger partial charge in [0.25, 0.3) is 8.32 Å². The Hall–Kier alpha value is -1.95. The van der Waals surface area contributed by atoms with Crippen LogP contribution in [0, 0.1) is 0 Å². The van der Waals surface area contributed by atoms with Crippen molar-refractivity contribution >= 4 is 24.7 Å². The minimum Gasteiger partial charge on any atom is -0.481 e. The molecule has 29 heavy (non-hydrogen) atoms. The number of carbonyl (C=O) groups is 1. The van der Waals surface area contributed by atoms with Crippen LogP contribution in [0.5, 0.6) is 0 Å². The zero-order valence-corrected chi connectivity index (χ0v) is 18.8. The summed E-state index contributed by atoms with van der Waals surface area (Å²) >= 11 is 0. The van der Waals surface area contributed by atoms with Crippen LogP contribution in [0.1, 0.15) is 52.9 Å². The minimum atomic E-state index is -2.62. The first-order valence-electron chi connectivity index (χ1n) is 10.4. The monoisotopic (exact) mass is 414 g/mol. The lowest BCUT2D eigenvalue weighted by molar-refractivity contribution is -0.137. The molecule has 158 valence electrons. The Morgan fingerprint density at radius 3 is 1.90 bits per heavy atom. The number of aliphatic hydroxyl groups is 1. The van der Waals surface area contributed by atoms with E-state index in [4.69, 9.17) is 9.53 Å². The topological polar surface area (TPSA) is 66.8 Å². The number of unbranched alkanes of at least 4 members (excludes halogenated alkanes) is 2. The summed E-state index contributed by atoms with van der Waals surface area (Å²) in [6, 6.07) is 20.8. The fraction of sp³-hybridized carbons (Fsp3) is 0.458. The number of hydrogen-bond acceptors (Lipinski definition) is 3. The number of aliphatic carboxylic acids is 1. The summed E-state index contributed by atoms with van der Waals surface area (Å²) in [7, 11) is -2.62. The normalized spacial score (nSPS) is 13.2. The van der Waals surface area contributed by atoms with Crippen LogP contribution in [0.25, 0.3) is 0 Å². The molecule has 0 unspecified atom stereocenters. The summed E-state index contributed by atoms with van der Waals surface area (Å²) in [4.78, 5) is 10.6. The van der Waals surface area contributed by atoms with E-state index in [9.17, 15) is 9.90 Å². The van der Waals surface area contributed by atoms with Gasteiger partial charge in [-0.05, 0) is 28.3 Å². The molecule has 0 saturated carbocycles. The average Bonchev–Trinajstić information content (AvgIpc) is 2.68. The van der Waals surface area contributed by atoms with Crippen LogP contribution in [-0.4, -0.2) is 37.2 Å². The smallest absolute Gasteiger partial charge is 0.303 e. The summed E-state index contributed by atoms with van der Waals surface area (Å²) in [5, 5.41) is 21.6. The lowest BCUT2D eigenvalue weighted by Crippen LogP contribution is -2.67. The summed E-state index contributed by atoms with van der Waals surface area (Å²) < 4.78 is 6.72. The maximum absolute atomic E-state index is 10.6. The van der Waals surface area contributed by atoms with E-state index in [0.29, 0.717) is 12.8 Å². The predicted octanol–water partition coefficient (Wildman–Crippen LogP) is 3.96. The fourth-order valence-electron chi connectivity index (χ4n) is 3.90. The number of rotatable bonds is 11. The van der Waals surface area contributed by atoms with Gasteiger partial charge in [0.2, 0.25) is 0 Å². The van der Waals surface area contributed by atoms with Crippen molar-refractivity contribution in [1.82, 2.24) is 0 Å². The Balaban J connectivity index is 2.17. The molecular weight excluding hydrogens is 380 g/mol. The van der Waals surface area contributed by atoms with E-state index < -0.39 is 20.4 Å². The maximum Gasteiger partial charge on any atom is 0.303 e. The van der Waals surface area contributed by atoms with E-state index in [2.05, 4.69) is 45.0 Å². The lowest BCUT2D eigenvalue weighted by atomic mass is 10.1. The average molecular weight is 415 g/mol. The highest BCUT2D eigenvalue weighted by Crippen LogP contribution is 2.36. The van der Waals surface area contributed by atoms with Crippen LogP contribution in [-0.2, 0) is 9.22 Å². The molecule has 0 aliphatic carbocycles. The summed E-state index contributed by atoms with van der Waals surface area (Å²) in [6.45, 7) is 6.94. The van der Waals surface area contributed by atoms with Crippen LogP contribution < -0.4 is 10.4 Å². The van der Waals surface area contributed by atoms with Gasteiger partial charge in [-0.2, -0.15) is 0 Å². The molecule has 2 aromatic rings. The third kappa shape index (κ3) is 6.26. The molecule has 1 atom stereocenters. The quantitative estimate of drug-likeness (QED) is 0.431. The lowest BCUT2D eigenvalue weighted by Gasteiger charge is -2.43. The van der Waals surface area contributed by atoms with Gasteiger partial charge in [0.05, 0.1) is 12.7 Å². The number of benzene rings is 2. The molecular formula is C24H34O4Si. The Bertz CT molecular complexity index is 701. The van der Waals surface area contributed by atoms with Crippen molar-refractivity contribution in [3.05, 3.63) is 60.7 Å². The number of carboxylic acids is 1. The molecule has 2 rings (SSSR count). The van der Waals surface area contributed by atoms with E-state index in [1.165, 1.54) is 10.4 Å². The van der Waals surface area contributed by atoms with E-state index in [-0.39, 0.29) is 18.1 Å². The van der Waals surface area contributed by atoms with Crippen LogP contribution in [0.4, 0.5) is 0 Å². The van der Waals surface area contributed by atoms with Gasteiger partial charge in [-0.1, -0.05) is 94.3 Å². The first-order valence-corrected chi connectivity index (χ1v) is 12.3. The van der Waals surface area contributed by atoms with Gasteiger partial charge >= 0.3 is 5.97 Å². The second-order valence-corrected chi connectivity index (χ2v) is 12.9. The van der Waals surface area contributed by atoms with Gasteiger partial charge in [-0.3, -0.25) is 4.79 Å². The van der Waals surface area contributed by atoms with Crippen molar-refractivity contribution in [3.63, 3.8) is 0 Å². The van der Waals surface area contributed by atoms with Crippen LogP contribution >= 0.6 is 0 Å². The molecule has 4 nitrogen and oxygen atoms in total. The van der Waals surface area contributed by atoms with Gasteiger partial charge in [-0.25, -0.2) is 0 Å². The van der Waals surface area contributed by atoms with E-state index in [0.717, 1.165) is 12.8 Å². The SMILES string of the molecule is CC(C)(C)[Si](OC[C@@H](O)CCCCCC(=O)O)(c1ccccc1)c1ccccc1. The third-order valence-electron chi connectivity index (χ3n) is 5.34. The summed E-state index contributed by atoms with van der Waals surface area (Å²) in [6.07, 6.45) is 2.52. The second-order valence-electron chi connectivity index (χ2n) is 8.62. The standard InChI is InChI=1S/C24H34O4Si/c1-24(2,3)29(21-14-8-5-9-15-21,22-16-10-6-11-17-22)28-19-20(25)13-7-4-12-18-23(26)27/h5-6,8-11,14-17,20,25H,4,7,12-13,18-19H2,1-3H3,(H,26,27)/t20-/m0/s1. The van der Waals surface area contributed by atoms with E-state index in [1.807, 2.05) is 36.4 Å². The highest BCUT2D eigenvalue weighted by atomic mass is 28.4. The van der Waals surface area contributed by atoms with E-state index in [1.54, 1.807) is 0 Å². The molecule has 0 radical (unpaired) electrons. The molecule has 0 aliphatic heterocycles. The van der Waals surface area contributed by atoms with Gasteiger partial charge in [0, 0.05) is 6.42 Å². The zero-order chi connectivity index (χ0) is 21.3. The van der Waals surface area contributed by atoms with Crippen LogP contribution in [0.15, 0.2) is 60.7 Å². The molecule has 0 heterocycles. The summed E-state index contributed by atoms with van der Waals surface area (Å²) in [5.41, 5.74) is 0. The Kier molecular flexibility index (Phi) is 8.62. The zero-order valence-electron chi connectivity index (χ0n) is 17.8. The van der Waals surface area contributed by atoms with Crippen LogP contribution in [0.3, 0.4) is 0 Å². The first-order chi connectivity index (χ1) is 13.8. The third-order valence-corrected chi connectivity index (χ3v) is 10.3. The van der Waals surface area contributed by atoms with Gasteiger partial charge < -0.3 is 14.6 Å². The predicted molar refractivity (Wildman–Crippen MR) is 120 cm³/mol. The highest BCUT2D eigenvalue weighted by Gasteiger charge is 2.50. The fourth-order valence-corrected chi connectivity index (χ4v) is 8.50. The van der Waals surface area contributed by atoms with Crippen molar-refractivity contribution < 1.29 is 19.4 Å². The van der Waals surface area contributed by atoms with Gasteiger partial charge in [-0.15, -0.1) is 0 Å². The molecule has 5 heteroatoms. The first kappa shape index (κ1) is 23.3. The molecule has 0 amide bonds. The number of aliphatic hydroxyl groups excluding tert-OH is 1. The number of hydrogen-bond donors (Lipinski definition) is 2. The molecule has 2 N–H and O–H groups in total. The van der Waals surface area contributed by atoms with Crippen molar-refractivity contribution in [2.75, 3.05) is 6.61 Å². The van der Waals surface area contributed by atoms with Crippen LogP contribution in [0.2, 0.25) is 5.04 Å². The van der Waals surface area contributed by atoms with Crippen molar-refractivity contribution in [1.29, 1.82) is 0 Å². The molecule has 0 fully saturated rings. The highest BCUT2D eigenvalue weighted by molar-refractivity contribution is 6.99. The molecule has 0 aliphatic rings. The molecule has 0 spiro atoms. The van der Waals surface area contributed by atoms with Crippen molar-refractivity contribution in [2.45, 2.75) is 64.0 Å². The second kappa shape index (κ2) is 10.7. The Morgan fingerprint density at radius 1 is 0.931 bits per heavy atom. The van der Waals surface area contributed by atoms with Gasteiger partial charge in [0.1, 0.15) is 0 Å². The van der Waals surface area contributed by atoms with Crippen molar-refractivity contribution in [3.8, 4) is 0 Å². The Labute approximate surface area is 175 Å². The number of carboxylic acid groups (broad SMARTS) is 1. The summed E-state index contributed by atoms with van der Waals surface area (Å²) in [5.74, 6) is -0.763. The largest absolute Gasteiger partial charge is 0.481 e. The Morgan fingerprint density at radius 2 is 1.45 bits per heavy atom. The maximum atomic E-state index is 10.6. The minimum absolute atomic E-state index is 0.114. The van der Waals surface area contributed by atoms with Gasteiger partial charge in [0.15, 0.2) is 0 Å². The van der Waals surface area contributed by atoms with E-state index >= 15 is 0 Å². The molecule has 2 aromatic carbocycles. The van der Waals surface area contributed by atoms with Crippen molar-refractivity contribution in [2.24, 2.45) is 0 Å². The molecule has 0 bridgehead atoms.